The lowest BCUT2D eigenvalue weighted by Gasteiger charge is -2.37. The fourth-order valence-corrected chi connectivity index (χ4v) is 4.69. The van der Waals surface area contributed by atoms with Crippen molar-refractivity contribution in [3.8, 4) is 5.75 Å². The summed E-state index contributed by atoms with van der Waals surface area (Å²) in [6.45, 7) is 14.4. The van der Waals surface area contributed by atoms with Gasteiger partial charge in [0.1, 0.15) is 5.75 Å². The number of Topliss-reactive ketones (excluding diaryl/α,β-unsaturated/α-hetero) is 1. The van der Waals surface area contributed by atoms with Crippen LogP contribution in [0.25, 0.3) is 0 Å². The molecule has 2 aromatic carbocycles. The minimum Gasteiger partial charge on any atom is -0.497 e. The predicted molar refractivity (Wildman–Crippen MR) is 161 cm³/mol. The summed E-state index contributed by atoms with van der Waals surface area (Å²) in [6, 6.07) is 13.7. The van der Waals surface area contributed by atoms with Crippen LogP contribution in [0.2, 0.25) is 10.0 Å². The van der Waals surface area contributed by atoms with Gasteiger partial charge in [-0.1, -0.05) is 66.6 Å². The molecule has 1 fully saturated rings. The second-order valence-electron chi connectivity index (χ2n) is 10.1. The van der Waals surface area contributed by atoms with Crippen LogP contribution in [0.5, 0.6) is 5.75 Å². The lowest BCUT2D eigenvalue weighted by molar-refractivity contribution is -0.117. The largest absolute Gasteiger partial charge is 0.497 e. The Balaban J connectivity index is 1.73. The molecular weight excluding hydrogens is 531 g/mol. The SMILES string of the molecule is C=C(C)C(C)C/C=C/C(=C(/OCCc1ccc(OC)cc1)C(C)=O)N1CCN(Cc2ccc(Cl)c(Cl)c2)CC1. The highest BCUT2D eigenvalue weighted by Gasteiger charge is 2.23. The standard InChI is InChI=1S/C32H40Cl2N2O3/c1-23(2)24(3)7-6-8-31(32(25(4)37)39-20-15-26-9-12-28(38-5)13-10-26)36-18-16-35(17-19-36)22-27-11-14-29(33)30(34)21-27/h6,8-14,21,24H,1,7,15-20,22H2,2-5H3/b8-6+,32-31-. The zero-order chi connectivity index (χ0) is 28.4. The van der Waals surface area contributed by atoms with E-state index in [-0.39, 0.29) is 5.78 Å². The van der Waals surface area contributed by atoms with Gasteiger partial charge in [0, 0.05) is 46.1 Å². The minimum atomic E-state index is -0.0735. The Labute approximate surface area is 243 Å². The van der Waals surface area contributed by atoms with Crippen molar-refractivity contribution in [3.63, 3.8) is 0 Å². The van der Waals surface area contributed by atoms with Gasteiger partial charge in [0.25, 0.3) is 0 Å². The molecule has 1 aliphatic heterocycles. The number of hydrogen-bond acceptors (Lipinski definition) is 5. The van der Waals surface area contributed by atoms with E-state index in [1.54, 1.807) is 14.0 Å². The number of piperazine rings is 1. The normalized spacial score (nSPS) is 15.7. The van der Waals surface area contributed by atoms with Crippen LogP contribution < -0.4 is 4.74 Å². The first-order valence-electron chi connectivity index (χ1n) is 13.4. The van der Waals surface area contributed by atoms with Crippen LogP contribution in [0.4, 0.5) is 0 Å². The van der Waals surface area contributed by atoms with Crippen LogP contribution in [0.15, 0.2) is 78.2 Å². The van der Waals surface area contributed by atoms with Crippen LogP contribution in [0.1, 0.15) is 38.3 Å². The van der Waals surface area contributed by atoms with Crippen molar-refractivity contribution in [2.75, 3.05) is 39.9 Å². The first kappa shape index (κ1) is 30.8. The summed E-state index contributed by atoms with van der Waals surface area (Å²) in [6.07, 6.45) is 5.74. The third kappa shape index (κ3) is 9.45. The minimum absolute atomic E-state index is 0.0735. The van der Waals surface area contributed by atoms with Crippen molar-refractivity contribution >= 4 is 29.0 Å². The van der Waals surface area contributed by atoms with E-state index in [1.165, 1.54) is 0 Å². The number of benzene rings is 2. The van der Waals surface area contributed by atoms with E-state index in [0.29, 0.717) is 34.8 Å². The molecule has 1 saturated heterocycles. The molecule has 3 rings (SSSR count). The first-order chi connectivity index (χ1) is 18.7. The Morgan fingerprint density at radius 3 is 2.28 bits per heavy atom. The molecule has 0 radical (unpaired) electrons. The highest BCUT2D eigenvalue weighted by Crippen LogP contribution is 2.25. The third-order valence-corrected chi connectivity index (χ3v) is 7.80. The van der Waals surface area contributed by atoms with Gasteiger partial charge in [-0.2, -0.15) is 0 Å². The van der Waals surface area contributed by atoms with Gasteiger partial charge in [0.05, 0.1) is 29.5 Å². The number of allylic oxidation sites excluding steroid dienone is 4. The maximum absolute atomic E-state index is 12.8. The van der Waals surface area contributed by atoms with Crippen LogP contribution in [-0.2, 0) is 22.5 Å². The number of rotatable bonds is 13. The van der Waals surface area contributed by atoms with Gasteiger partial charge in [0.15, 0.2) is 11.5 Å². The highest BCUT2D eigenvalue weighted by molar-refractivity contribution is 6.42. The number of halogens is 2. The Kier molecular flexibility index (Phi) is 12.0. The molecule has 1 aliphatic rings. The number of carbonyl (C=O) groups excluding carboxylic acids is 1. The van der Waals surface area contributed by atoms with Gasteiger partial charge in [-0.3, -0.25) is 9.69 Å². The second kappa shape index (κ2) is 15.2. The molecule has 0 amide bonds. The van der Waals surface area contributed by atoms with E-state index < -0.39 is 0 Å². The van der Waals surface area contributed by atoms with Crippen LogP contribution in [0.3, 0.4) is 0 Å². The van der Waals surface area contributed by atoms with Crippen molar-refractivity contribution in [1.82, 2.24) is 9.80 Å². The Bertz CT molecular complexity index is 1180. The molecule has 1 heterocycles. The van der Waals surface area contributed by atoms with Gasteiger partial charge in [-0.15, -0.1) is 0 Å². The van der Waals surface area contributed by atoms with Crippen molar-refractivity contribution < 1.29 is 14.3 Å². The second-order valence-corrected chi connectivity index (χ2v) is 10.9. The van der Waals surface area contributed by atoms with Crippen molar-refractivity contribution in [3.05, 3.63) is 99.4 Å². The summed E-state index contributed by atoms with van der Waals surface area (Å²) in [5.74, 6) is 1.53. The Morgan fingerprint density at radius 1 is 1.03 bits per heavy atom. The van der Waals surface area contributed by atoms with Crippen molar-refractivity contribution in [2.45, 2.75) is 40.2 Å². The average Bonchev–Trinajstić information content (AvgIpc) is 2.92. The third-order valence-electron chi connectivity index (χ3n) is 7.06. The lowest BCUT2D eigenvalue weighted by atomic mass is 10.00. The number of nitrogens with zero attached hydrogens (tertiary/aromatic N) is 2. The fraction of sp³-hybridized carbons (Fsp3) is 0.406. The summed E-state index contributed by atoms with van der Waals surface area (Å²) in [5, 5.41) is 1.14. The number of methoxy groups -OCH3 is 1. The number of hydrogen-bond donors (Lipinski definition) is 0. The molecule has 0 bridgehead atoms. The molecule has 0 spiro atoms. The van der Waals surface area contributed by atoms with Crippen LogP contribution in [-0.4, -0.2) is 55.5 Å². The average molecular weight is 572 g/mol. The summed E-state index contributed by atoms with van der Waals surface area (Å²) in [7, 11) is 1.65. The molecule has 0 aromatic heterocycles. The van der Waals surface area contributed by atoms with Crippen LogP contribution in [0, 0.1) is 5.92 Å². The summed E-state index contributed by atoms with van der Waals surface area (Å²) in [4.78, 5) is 17.5. The van der Waals surface area contributed by atoms with E-state index in [2.05, 4.69) is 35.5 Å². The maximum atomic E-state index is 12.8. The zero-order valence-electron chi connectivity index (χ0n) is 23.5. The molecule has 1 atom stereocenters. The molecule has 1 unspecified atom stereocenters. The van der Waals surface area contributed by atoms with E-state index >= 15 is 0 Å². The highest BCUT2D eigenvalue weighted by atomic mass is 35.5. The Hall–Kier alpha value is -2.73. The van der Waals surface area contributed by atoms with E-state index in [9.17, 15) is 4.79 Å². The van der Waals surface area contributed by atoms with Crippen molar-refractivity contribution in [1.29, 1.82) is 0 Å². The fourth-order valence-electron chi connectivity index (χ4n) is 4.37. The Morgan fingerprint density at radius 2 is 1.69 bits per heavy atom. The smallest absolute Gasteiger partial charge is 0.196 e. The van der Waals surface area contributed by atoms with Gasteiger partial charge in [-0.25, -0.2) is 0 Å². The molecule has 5 nitrogen and oxygen atoms in total. The molecule has 0 aliphatic carbocycles. The topological polar surface area (TPSA) is 42.0 Å². The summed E-state index contributed by atoms with van der Waals surface area (Å²) >= 11 is 12.3. The molecule has 0 N–H and O–H groups in total. The lowest BCUT2D eigenvalue weighted by Crippen LogP contribution is -2.45. The zero-order valence-corrected chi connectivity index (χ0v) is 25.0. The molecule has 7 heteroatoms. The van der Waals surface area contributed by atoms with Gasteiger partial charge in [0.2, 0.25) is 0 Å². The molecule has 0 saturated carbocycles. The van der Waals surface area contributed by atoms with E-state index in [0.717, 1.165) is 67.3 Å². The number of ether oxygens (including phenoxy) is 2. The van der Waals surface area contributed by atoms with Gasteiger partial charge < -0.3 is 14.4 Å². The van der Waals surface area contributed by atoms with E-state index in [4.69, 9.17) is 32.7 Å². The molecular formula is C32H40Cl2N2O3. The first-order valence-corrected chi connectivity index (χ1v) is 14.2. The number of ketones is 1. The number of carbonyl (C=O) groups is 1. The summed E-state index contributed by atoms with van der Waals surface area (Å²) in [5.41, 5.74) is 4.25. The van der Waals surface area contributed by atoms with Gasteiger partial charge >= 0.3 is 0 Å². The molecule has 210 valence electrons. The quantitative estimate of drug-likeness (QED) is 0.109. The van der Waals surface area contributed by atoms with Crippen LogP contribution >= 0.6 is 23.2 Å². The molecule has 2 aromatic rings. The van der Waals surface area contributed by atoms with Gasteiger partial charge in [-0.05, 0) is 60.7 Å². The van der Waals surface area contributed by atoms with Crippen molar-refractivity contribution in [2.24, 2.45) is 5.92 Å². The monoisotopic (exact) mass is 570 g/mol. The predicted octanol–water partition coefficient (Wildman–Crippen LogP) is 7.34. The van der Waals surface area contributed by atoms with E-state index in [1.807, 2.05) is 49.4 Å². The summed E-state index contributed by atoms with van der Waals surface area (Å²) < 4.78 is 11.4. The maximum Gasteiger partial charge on any atom is 0.196 e. The molecule has 39 heavy (non-hydrogen) atoms.